The summed E-state index contributed by atoms with van der Waals surface area (Å²) in [5.41, 5.74) is 2.28. The number of hydrogen-bond donors (Lipinski definition) is 3. The minimum atomic E-state index is -0.901. The Kier molecular flexibility index (Phi) is 6.79. The maximum atomic E-state index is 13.2. The number of carbonyl (C=O) groups is 3. The molecule has 3 aromatic rings. The highest BCUT2D eigenvalue weighted by Gasteiger charge is 2.23. The Morgan fingerprint density at radius 2 is 1.90 bits per heavy atom. The van der Waals surface area contributed by atoms with E-state index < -0.39 is 29.6 Å². The summed E-state index contributed by atoms with van der Waals surface area (Å²) >= 11 is 0. The Bertz CT molecular complexity index is 1060. The second kappa shape index (κ2) is 9.69. The number of esters is 1. The number of benzene rings is 2. The van der Waals surface area contributed by atoms with Crippen molar-refractivity contribution in [2.45, 2.75) is 18.9 Å². The van der Waals surface area contributed by atoms with E-state index in [0.717, 1.165) is 16.5 Å². The summed E-state index contributed by atoms with van der Waals surface area (Å²) in [5.74, 6) is -1.98. The van der Waals surface area contributed by atoms with E-state index in [1.165, 1.54) is 25.3 Å². The Morgan fingerprint density at radius 3 is 2.67 bits per heavy atom. The van der Waals surface area contributed by atoms with E-state index in [0.29, 0.717) is 5.56 Å². The molecule has 0 fully saturated rings. The second-order valence-electron chi connectivity index (χ2n) is 6.79. The molecule has 1 aromatic heterocycles. The minimum Gasteiger partial charge on any atom is -0.467 e. The van der Waals surface area contributed by atoms with E-state index in [1.54, 1.807) is 12.3 Å². The summed E-state index contributed by atoms with van der Waals surface area (Å²) in [7, 11) is 1.25. The Labute approximate surface area is 172 Å². The fourth-order valence-corrected chi connectivity index (χ4v) is 3.18. The van der Waals surface area contributed by atoms with Crippen LogP contribution in [0.25, 0.3) is 10.9 Å². The molecular formula is C22H22FN3O4. The molecule has 1 atom stereocenters. The molecule has 0 saturated carbocycles. The number of methoxy groups -OCH3 is 1. The highest BCUT2D eigenvalue weighted by Crippen LogP contribution is 2.19. The standard InChI is InChI=1S/C22H22FN3O4/c1-30-22(29)19(11-15-12-24-18-8-3-2-7-17(15)18)26-21(28)13-25-20(27)10-14-5-4-6-16(23)9-14/h2-9,12,19,24H,10-11,13H2,1H3,(H,25,27)(H,26,28)/t19-/m1/s1. The van der Waals surface area contributed by atoms with Gasteiger partial charge in [0.15, 0.2) is 0 Å². The van der Waals surface area contributed by atoms with Gasteiger partial charge in [0.2, 0.25) is 11.8 Å². The molecule has 7 nitrogen and oxygen atoms in total. The van der Waals surface area contributed by atoms with Crippen molar-refractivity contribution in [3.05, 3.63) is 71.7 Å². The fourth-order valence-electron chi connectivity index (χ4n) is 3.18. The second-order valence-corrected chi connectivity index (χ2v) is 6.79. The maximum Gasteiger partial charge on any atom is 0.328 e. The molecule has 3 N–H and O–H groups in total. The van der Waals surface area contributed by atoms with Gasteiger partial charge < -0.3 is 20.4 Å². The van der Waals surface area contributed by atoms with Gasteiger partial charge in [0.1, 0.15) is 11.9 Å². The summed E-state index contributed by atoms with van der Waals surface area (Å²) < 4.78 is 18.0. The minimum absolute atomic E-state index is 0.0548. The number of amides is 2. The lowest BCUT2D eigenvalue weighted by Gasteiger charge is -2.16. The van der Waals surface area contributed by atoms with Crippen LogP contribution in [0.3, 0.4) is 0 Å². The maximum absolute atomic E-state index is 13.2. The topological polar surface area (TPSA) is 100 Å². The molecule has 0 aliphatic rings. The first-order valence-corrected chi connectivity index (χ1v) is 9.39. The zero-order valence-electron chi connectivity index (χ0n) is 16.4. The average molecular weight is 411 g/mol. The molecule has 0 aliphatic carbocycles. The van der Waals surface area contributed by atoms with Crippen LogP contribution in [-0.2, 0) is 32.0 Å². The summed E-state index contributed by atoms with van der Waals surface area (Å²) in [5, 5.41) is 6.01. The van der Waals surface area contributed by atoms with Gasteiger partial charge in [-0.25, -0.2) is 9.18 Å². The molecule has 8 heteroatoms. The van der Waals surface area contributed by atoms with E-state index in [-0.39, 0.29) is 19.4 Å². The molecule has 0 saturated heterocycles. The van der Waals surface area contributed by atoms with Crippen molar-refractivity contribution in [2.75, 3.05) is 13.7 Å². The average Bonchev–Trinajstić information content (AvgIpc) is 3.14. The van der Waals surface area contributed by atoms with Crippen molar-refractivity contribution in [3.63, 3.8) is 0 Å². The number of H-pyrrole nitrogens is 1. The fraction of sp³-hybridized carbons (Fsp3) is 0.227. The number of fused-ring (bicyclic) bond motifs is 1. The van der Waals surface area contributed by atoms with Gasteiger partial charge in [-0.2, -0.15) is 0 Å². The molecule has 3 rings (SSSR count). The smallest absolute Gasteiger partial charge is 0.328 e. The molecule has 0 radical (unpaired) electrons. The largest absolute Gasteiger partial charge is 0.467 e. The van der Waals surface area contributed by atoms with E-state index >= 15 is 0 Å². The molecule has 2 aromatic carbocycles. The van der Waals surface area contributed by atoms with Gasteiger partial charge >= 0.3 is 5.97 Å². The summed E-state index contributed by atoms with van der Waals surface area (Å²) in [6.07, 6.45) is 1.97. The molecule has 0 bridgehead atoms. The van der Waals surface area contributed by atoms with Crippen LogP contribution < -0.4 is 10.6 Å². The van der Waals surface area contributed by atoms with Crippen LogP contribution in [0.2, 0.25) is 0 Å². The van der Waals surface area contributed by atoms with Gasteiger partial charge in [-0.3, -0.25) is 9.59 Å². The highest BCUT2D eigenvalue weighted by molar-refractivity contribution is 5.90. The lowest BCUT2D eigenvalue weighted by Crippen LogP contribution is -2.47. The van der Waals surface area contributed by atoms with Crippen molar-refractivity contribution in [1.82, 2.24) is 15.6 Å². The van der Waals surface area contributed by atoms with Crippen LogP contribution in [0.1, 0.15) is 11.1 Å². The van der Waals surface area contributed by atoms with Crippen molar-refractivity contribution in [3.8, 4) is 0 Å². The van der Waals surface area contributed by atoms with Gasteiger partial charge in [-0.05, 0) is 29.3 Å². The Hall–Kier alpha value is -3.68. The molecule has 156 valence electrons. The number of ether oxygens (including phenoxy) is 1. The van der Waals surface area contributed by atoms with Gasteiger partial charge in [0, 0.05) is 23.5 Å². The summed E-state index contributed by atoms with van der Waals surface area (Å²) in [6.45, 7) is -0.310. The summed E-state index contributed by atoms with van der Waals surface area (Å²) in [6, 6.07) is 12.4. The first kappa shape index (κ1) is 21.0. The molecule has 0 unspecified atom stereocenters. The van der Waals surface area contributed by atoms with Gasteiger partial charge in [-0.15, -0.1) is 0 Å². The van der Waals surface area contributed by atoms with Crippen molar-refractivity contribution in [2.24, 2.45) is 0 Å². The van der Waals surface area contributed by atoms with Crippen LogP contribution in [0.4, 0.5) is 4.39 Å². The Morgan fingerprint density at radius 1 is 1.10 bits per heavy atom. The van der Waals surface area contributed by atoms with Crippen molar-refractivity contribution < 1.29 is 23.5 Å². The van der Waals surface area contributed by atoms with Gasteiger partial charge in [0.25, 0.3) is 0 Å². The summed E-state index contributed by atoms with van der Waals surface area (Å²) in [4.78, 5) is 39.5. The van der Waals surface area contributed by atoms with Crippen LogP contribution in [0, 0.1) is 5.82 Å². The van der Waals surface area contributed by atoms with E-state index in [2.05, 4.69) is 15.6 Å². The third-order valence-corrected chi connectivity index (χ3v) is 4.62. The zero-order chi connectivity index (χ0) is 21.5. The van der Waals surface area contributed by atoms with E-state index in [1.807, 2.05) is 24.3 Å². The Balaban J connectivity index is 1.57. The van der Waals surface area contributed by atoms with Crippen LogP contribution in [-0.4, -0.2) is 42.5 Å². The number of hydrogen-bond acceptors (Lipinski definition) is 4. The molecule has 0 aliphatic heterocycles. The number of halogens is 1. The number of aromatic amines is 1. The predicted octanol–water partition coefficient (Wildman–Crippen LogP) is 1.87. The van der Waals surface area contributed by atoms with Crippen LogP contribution in [0.15, 0.2) is 54.7 Å². The predicted molar refractivity (Wildman–Crippen MR) is 109 cm³/mol. The quantitative estimate of drug-likeness (QED) is 0.493. The number of aromatic nitrogens is 1. The molecule has 0 spiro atoms. The van der Waals surface area contributed by atoms with Crippen molar-refractivity contribution >= 4 is 28.7 Å². The van der Waals surface area contributed by atoms with Crippen LogP contribution >= 0.6 is 0 Å². The SMILES string of the molecule is COC(=O)[C@@H](Cc1c[nH]c2ccccc12)NC(=O)CNC(=O)Cc1cccc(F)c1. The zero-order valence-corrected chi connectivity index (χ0v) is 16.4. The number of para-hydroxylation sites is 1. The number of rotatable bonds is 8. The monoisotopic (exact) mass is 411 g/mol. The third kappa shape index (κ3) is 5.44. The number of carbonyl (C=O) groups excluding carboxylic acids is 3. The third-order valence-electron chi connectivity index (χ3n) is 4.62. The van der Waals surface area contributed by atoms with Crippen molar-refractivity contribution in [1.29, 1.82) is 0 Å². The molecule has 2 amide bonds. The molecule has 30 heavy (non-hydrogen) atoms. The van der Waals surface area contributed by atoms with Crippen LogP contribution in [0.5, 0.6) is 0 Å². The normalized spacial score (nSPS) is 11.7. The number of nitrogens with one attached hydrogen (secondary N) is 3. The first-order chi connectivity index (χ1) is 14.5. The lowest BCUT2D eigenvalue weighted by molar-refractivity contribution is -0.144. The van der Waals surface area contributed by atoms with Gasteiger partial charge in [-0.1, -0.05) is 30.3 Å². The molecule has 1 heterocycles. The van der Waals surface area contributed by atoms with E-state index in [4.69, 9.17) is 4.74 Å². The molecular weight excluding hydrogens is 389 g/mol. The van der Waals surface area contributed by atoms with Gasteiger partial charge in [0.05, 0.1) is 20.1 Å². The first-order valence-electron chi connectivity index (χ1n) is 9.39. The van der Waals surface area contributed by atoms with E-state index in [9.17, 15) is 18.8 Å². The highest BCUT2D eigenvalue weighted by atomic mass is 19.1. The lowest BCUT2D eigenvalue weighted by atomic mass is 10.0.